The van der Waals surface area contributed by atoms with Crippen LogP contribution in [0.15, 0.2) is 19.2 Å². The summed E-state index contributed by atoms with van der Waals surface area (Å²) in [4.78, 5) is 74.7. The van der Waals surface area contributed by atoms with E-state index in [1.165, 1.54) is 9.13 Å². The van der Waals surface area contributed by atoms with Crippen LogP contribution in [0.25, 0.3) is 22.1 Å². The molecule has 42 heavy (non-hydrogen) atoms. The highest BCUT2D eigenvalue weighted by atomic mass is 16.2. The normalized spacial score (nSPS) is 11.5. The maximum Gasteiger partial charge on any atom is 0.351 e. The molecule has 17 nitrogen and oxygen atoms in total. The van der Waals surface area contributed by atoms with E-state index in [9.17, 15) is 19.2 Å². The lowest BCUT2D eigenvalue weighted by Crippen LogP contribution is -2.38. The zero-order valence-corrected chi connectivity index (χ0v) is 24.0. The van der Waals surface area contributed by atoms with Crippen molar-refractivity contribution >= 4 is 45.6 Å². The molecule has 4 heterocycles. The van der Waals surface area contributed by atoms with Crippen LogP contribution in [0.1, 0.15) is 39.0 Å². The summed E-state index contributed by atoms with van der Waals surface area (Å²) in [5.74, 6) is -0.0176. The Balaban J connectivity index is 1.65. The molecule has 4 aromatic heterocycles. The number of anilines is 4. The molecule has 0 spiro atoms. The average molecular weight is 584 g/mol. The van der Waals surface area contributed by atoms with Crippen molar-refractivity contribution in [1.82, 2.24) is 43.9 Å². The van der Waals surface area contributed by atoms with E-state index in [1.807, 2.05) is 0 Å². The van der Waals surface area contributed by atoms with Crippen molar-refractivity contribution in [2.24, 2.45) is 0 Å². The van der Waals surface area contributed by atoms with Gasteiger partial charge < -0.3 is 22.1 Å². The summed E-state index contributed by atoms with van der Waals surface area (Å²) in [6.45, 7) is 3.91. The highest BCUT2D eigenvalue weighted by Crippen LogP contribution is 2.14. The molecule has 8 N–H and O–H groups in total. The quantitative estimate of drug-likeness (QED) is 0.103. The SMILES string of the molecule is CCCCCCCN(CCn1c(=O)nc(N)c2c(=O)[nH]c(NC)nc21)CCn1c(=O)nc(N)c2c(=O)[nH]c(NC)nc21. The Morgan fingerprint density at radius 1 is 0.690 bits per heavy atom. The van der Waals surface area contributed by atoms with E-state index < -0.39 is 22.5 Å². The third-order valence-electron chi connectivity index (χ3n) is 7.05. The van der Waals surface area contributed by atoms with Crippen LogP contribution >= 0.6 is 0 Å². The third-order valence-corrected chi connectivity index (χ3v) is 7.05. The first-order valence-corrected chi connectivity index (χ1v) is 13.9. The van der Waals surface area contributed by atoms with Crippen LogP contribution in [0.4, 0.5) is 23.5 Å². The molecule has 0 bridgehead atoms. The van der Waals surface area contributed by atoms with Gasteiger partial charge >= 0.3 is 11.4 Å². The molecule has 0 radical (unpaired) electrons. The number of nitrogen functional groups attached to an aromatic ring is 2. The number of aromatic nitrogens is 8. The van der Waals surface area contributed by atoms with Gasteiger partial charge in [0.15, 0.2) is 11.3 Å². The first-order chi connectivity index (χ1) is 20.2. The molecular formula is C25H37N13O4. The maximum atomic E-state index is 12.9. The molecule has 0 aliphatic heterocycles. The van der Waals surface area contributed by atoms with Crippen molar-refractivity contribution in [3.05, 3.63) is 41.7 Å². The van der Waals surface area contributed by atoms with Crippen molar-refractivity contribution in [2.45, 2.75) is 52.1 Å². The van der Waals surface area contributed by atoms with Gasteiger partial charge in [0, 0.05) is 40.3 Å². The number of H-pyrrole nitrogens is 2. The Hall–Kier alpha value is -4.80. The fraction of sp³-hybridized carbons (Fsp3) is 0.520. The number of nitrogens with one attached hydrogen (secondary N) is 4. The van der Waals surface area contributed by atoms with Gasteiger partial charge in [-0.3, -0.25) is 33.6 Å². The lowest BCUT2D eigenvalue weighted by molar-refractivity contribution is 0.246. The summed E-state index contributed by atoms with van der Waals surface area (Å²) >= 11 is 0. The summed E-state index contributed by atoms with van der Waals surface area (Å²) in [6, 6.07) is 0. The van der Waals surface area contributed by atoms with E-state index in [0.717, 1.165) is 32.1 Å². The molecule has 4 rings (SSSR count). The van der Waals surface area contributed by atoms with Crippen LogP contribution in [0, 0.1) is 0 Å². The molecule has 0 fully saturated rings. The predicted molar refractivity (Wildman–Crippen MR) is 162 cm³/mol. The number of fused-ring (bicyclic) bond motifs is 2. The van der Waals surface area contributed by atoms with Crippen LogP contribution < -0.4 is 44.6 Å². The zero-order chi connectivity index (χ0) is 30.4. The van der Waals surface area contributed by atoms with E-state index in [-0.39, 0.29) is 58.7 Å². The lowest BCUT2D eigenvalue weighted by Gasteiger charge is -2.24. The standard InChI is InChI=1S/C25H37N13O4/c1-4-5-6-7-8-9-36(10-12-37-18-14(16(26)30-24(37)41)20(39)34-22(28-2)32-18)11-13-38-19-15(17(27)31-25(38)42)21(40)35-23(29-3)33-19/h4-13H2,1-3H3,(H2,26,30,41)(H2,27,31,42)(H2,28,32,34,39)(H2,29,33,35,40). The van der Waals surface area contributed by atoms with Gasteiger partial charge in [0.25, 0.3) is 11.1 Å². The van der Waals surface area contributed by atoms with Crippen LogP contribution in [0.5, 0.6) is 0 Å². The van der Waals surface area contributed by atoms with Crippen LogP contribution in [0.3, 0.4) is 0 Å². The Labute approximate surface area is 239 Å². The summed E-state index contributed by atoms with van der Waals surface area (Å²) in [7, 11) is 3.19. The number of hydrogen-bond acceptors (Lipinski definition) is 13. The minimum absolute atomic E-state index is 0.0299. The molecule has 226 valence electrons. The minimum Gasteiger partial charge on any atom is -0.383 e. The Kier molecular flexibility index (Phi) is 9.51. The second kappa shape index (κ2) is 13.2. The number of nitrogens with zero attached hydrogens (tertiary/aromatic N) is 7. The van der Waals surface area contributed by atoms with Gasteiger partial charge in [0.05, 0.1) is 0 Å². The van der Waals surface area contributed by atoms with E-state index >= 15 is 0 Å². The van der Waals surface area contributed by atoms with E-state index in [0.29, 0.717) is 19.6 Å². The molecule has 4 aromatic rings. The Morgan fingerprint density at radius 2 is 1.14 bits per heavy atom. The molecular weight excluding hydrogens is 546 g/mol. The monoisotopic (exact) mass is 583 g/mol. The zero-order valence-electron chi connectivity index (χ0n) is 24.0. The first-order valence-electron chi connectivity index (χ1n) is 13.9. The number of rotatable bonds is 14. The number of hydrogen-bond donors (Lipinski definition) is 6. The number of unbranched alkanes of at least 4 members (excludes halogenated alkanes) is 4. The molecule has 17 heteroatoms. The first kappa shape index (κ1) is 30.2. The van der Waals surface area contributed by atoms with Gasteiger partial charge in [0.2, 0.25) is 11.9 Å². The largest absolute Gasteiger partial charge is 0.383 e. The topological polar surface area (TPSA) is 241 Å². The second-order valence-corrected chi connectivity index (χ2v) is 9.84. The van der Waals surface area contributed by atoms with E-state index in [4.69, 9.17) is 11.5 Å². The van der Waals surface area contributed by atoms with Gasteiger partial charge in [-0.2, -0.15) is 19.9 Å². The molecule has 0 saturated carbocycles. The minimum atomic E-state index is -0.629. The van der Waals surface area contributed by atoms with Crippen molar-refractivity contribution in [3.8, 4) is 0 Å². The molecule has 0 unspecified atom stereocenters. The molecule has 0 saturated heterocycles. The fourth-order valence-electron chi connectivity index (χ4n) is 4.79. The van der Waals surface area contributed by atoms with Crippen LogP contribution in [-0.4, -0.2) is 77.7 Å². The summed E-state index contributed by atoms with van der Waals surface area (Å²) in [6.07, 6.45) is 5.27. The van der Waals surface area contributed by atoms with Crippen molar-refractivity contribution < 1.29 is 0 Å². The van der Waals surface area contributed by atoms with Gasteiger partial charge in [0.1, 0.15) is 22.4 Å². The third kappa shape index (κ3) is 6.40. The highest BCUT2D eigenvalue weighted by Gasteiger charge is 2.18. The molecule has 0 aliphatic carbocycles. The van der Waals surface area contributed by atoms with E-state index in [1.54, 1.807) is 14.1 Å². The van der Waals surface area contributed by atoms with Gasteiger partial charge in [-0.25, -0.2) is 9.59 Å². The molecule has 0 aromatic carbocycles. The average Bonchev–Trinajstić information content (AvgIpc) is 2.95. The smallest absolute Gasteiger partial charge is 0.351 e. The van der Waals surface area contributed by atoms with Crippen molar-refractivity contribution in [3.63, 3.8) is 0 Å². The fourth-order valence-corrected chi connectivity index (χ4v) is 4.79. The van der Waals surface area contributed by atoms with Crippen molar-refractivity contribution in [2.75, 3.05) is 55.8 Å². The number of aromatic amines is 2. The highest BCUT2D eigenvalue weighted by molar-refractivity contribution is 5.85. The lowest BCUT2D eigenvalue weighted by atomic mass is 10.1. The predicted octanol–water partition coefficient (Wildman–Crippen LogP) is -0.507. The second-order valence-electron chi connectivity index (χ2n) is 9.84. The Morgan fingerprint density at radius 3 is 1.57 bits per heavy atom. The maximum absolute atomic E-state index is 12.9. The molecule has 0 aliphatic rings. The van der Waals surface area contributed by atoms with Gasteiger partial charge in [-0.15, -0.1) is 0 Å². The van der Waals surface area contributed by atoms with Crippen LogP contribution in [-0.2, 0) is 13.1 Å². The van der Waals surface area contributed by atoms with Crippen LogP contribution in [0.2, 0.25) is 0 Å². The summed E-state index contributed by atoms with van der Waals surface area (Å²) in [5.41, 5.74) is 9.75. The summed E-state index contributed by atoms with van der Waals surface area (Å²) < 4.78 is 2.64. The Bertz CT molecular complexity index is 1680. The molecule has 0 amide bonds. The molecule has 0 atom stereocenters. The summed E-state index contributed by atoms with van der Waals surface area (Å²) in [5, 5.41) is 5.61. The van der Waals surface area contributed by atoms with E-state index in [2.05, 4.69) is 52.4 Å². The van der Waals surface area contributed by atoms with Gasteiger partial charge in [-0.05, 0) is 13.0 Å². The van der Waals surface area contributed by atoms with Gasteiger partial charge in [-0.1, -0.05) is 32.6 Å². The number of nitrogens with two attached hydrogens (primary N) is 2. The van der Waals surface area contributed by atoms with Crippen molar-refractivity contribution in [1.29, 1.82) is 0 Å².